The van der Waals surface area contributed by atoms with E-state index in [4.69, 9.17) is 9.84 Å². The fourth-order valence-corrected chi connectivity index (χ4v) is 1.36. The second-order valence-electron chi connectivity index (χ2n) is 4.05. The molecular weight excluding hydrogens is 216 g/mol. The summed E-state index contributed by atoms with van der Waals surface area (Å²) in [6, 6.07) is 0. The summed E-state index contributed by atoms with van der Waals surface area (Å²) in [6.45, 7) is 4.59. The first-order valence-electron chi connectivity index (χ1n) is 6.52. The Kier molecular flexibility index (Phi) is 10.8. The number of carboxylic acid groups (broad SMARTS) is 1. The highest BCUT2D eigenvalue weighted by Gasteiger charge is 2.16. The van der Waals surface area contributed by atoms with Crippen LogP contribution >= 0.6 is 0 Å². The van der Waals surface area contributed by atoms with Gasteiger partial charge in [0.25, 0.3) is 0 Å². The third kappa shape index (κ3) is 9.89. The summed E-state index contributed by atoms with van der Waals surface area (Å²) in [4.78, 5) is 10.8. The van der Waals surface area contributed by atoms with Crippen molar-refractivity contribution in [2.45, 2.75) is 64.9 Å². The molecule has 0 rings (SSSR count). The monoisotopic (exact) mass is 240 g/mol. The van der Waals surface area contributed by atoms with E-state index in [9.17, 15) is 4.79 Å². The van der Waals surface area contributed by atoms with Crippen LogP contribution in [0.5, 0.6) is 0 Å². The first-order chi connectivity index (χ1) is 8.22. The van der Waals surface area contributed by atoms with Gasteiger partial charge in [0.05, 0.1) is 6.61 Å². The molecule has 0 aliphatic carbocycles. The van der Waals surface area contributed by atoms with Gasteiger partial charge >= 0.3 is 5.97 Å². The van der Waals surface area contributed by atoms with Gasteiger partial charge < -0.3 is 9.84 Å². The number of carboxylic acids is 1. The van der Waals surface area contributed by atoms with Crippen molar-refractivity contribution in [2.75, 3.05) is 6.61 Å². The summed E-state index contributed by atoms with van der Waals surface area (Å²) in [5.41, 5.74) is 0. The molecule has 0 bridgehead atoms. The van der Waals surface area contributed by atoms with E-state index in [0.717, 1.165) is 32.1 Å². The first-order valence-corrected chi connectivity index (χ1v) is 6.52. The molecule has 0 aliphatic rings. The van der Waals surface area contributed by atoms with E-state index in [1.807, 2.05) is 6.92 Å². The number of ether oxygens (including phenoxy) is 1. The third-order valence-corrected chi connectivity index (χ3v) is 2.42. The largest absolute Gasteiger partial charge is 0.479 e. The Hall–Kier alpha value is -1.01. The molecule has 1 N–H and O–H groups in total. The van der Waals surface area contributed by atoms with Crippen molar-refractivity contribution in [3.05, 3.63) is 0 Å². The summed E-state index contributed by atoms with van der Waals surface area (Å²) in [5, 5.41) is 8.91. The Balaban J connectivity index is 3.66. The van der Waals surface area contributed by atoms with Crippen LogP contribution in [0.1, 0.15) is 58.8 Å². The van der Waals surface area contributed by atoms with Crippen LogP contribution < -0.4 is 0 Å². The zero-order valence-corrected chi connectivity index (χ0v) is 11.0. The van der Waals surface area contributed by atoms with Gasteiger partial charge in [0.2, 0.25) is 0 Å². The first kappa shape index (κ1) is 16.0. The molecule has 1 atom stereocenters. The molecule has 3 heteroatoms. The molecule has 1 unspecified atom stereocenters. The minimum absolute atomic E-state index is 0.416. The van der Waals surface area contributed by atoms with Gasteiger partial charge in [-0.25, -0.2) is 4.79 Å². The smallest absolute Gasteiger partial charge is 0.332 e. The number of unbranched alkanes of at least 4 members (excludes halogenated alkanes) is 3. The van der Waals surface area contributed by atoms with Crippen LogP contribution in [0, 0.1) is 11.8 Å². The minimum Gasteiger partial charge on any atom is -0.479 e. The number of hydrogen-bond donors (Lipinski definition) is 1. The molecule has 0 aromatic carbocycles. The van der Waals surface area contributed by atoms with E-state index in [1.54, 1.807) is 0 Å². The summed E-state index contributed by atoms with van der Waals surface area (Å²) >= 11 is 0. The van der Waals surface area contributed by atoms with Crippen LogP contribution in [0.25, 0.3) is 0 Å². The molecule has 0 radical (unpaired) electrons. The van der Waals surface area contributed by atoms with Gasteiger partial charge in [-0.05, 0) is 12.8 Å². The maximum Gasteiger partial charge on any atom is 0.332 e. The molecule has 0 aromatic rings. The van der Waals surface area contributed by atoms with E-state index >= 15 is 0 Å². The second kappa shape index (κ2) is 11.5. The van der Waals surface area contributed by atoms with Crippen molar-refractivity contribution in [1.29, 1.82) is 0 Å². The molecule has 0 saturated heterocycles. The molecule has 17 heavy (non-hydrogen) atoms. The van der Waals surface area contributed by atoms with Gasteiger partial charge in [0.1, 0.15) is 0 Å². The number of rotatable bonds is 9. The molecule has 0 aromatic heterocycles. The van der Waals surface area contributed by atoms with Crippen LogP contribution in [0.3, 0.4) is 0 Å². The van der Waals surface area contributed by atoms with Crippen LogP contribution in [-0.2, 0) is 9.53 Å². The third-order valence-electron chi connectivity index (χ3n) is 2.42. The van der Waals surface area contributed by atoms with Crippen molar-refractivity contribution in [3.8, 4) is 11.8 Å². The van der Waals surface area contributed by atoms with Crippen molar-refractivity contribution in [1.82, 2.24) is 0 Å². The fraction of sp³-hybridized carbons (Fsp3) is 0.786. The van der Waals surface area contributed by atoms with Gasteiger partial charge in [-0.1, -0.05) is 33.1 Å². The lowest BCUT2D eigenvalue weighted by molar-refractivity contribution is -0.150. The number of hydrogen-bond acceptors (Lipinski definition) is 2. The highest BCUT2D eigenvalue weighted by Crippen LogP contribution is 2.05. The molecular formula is C14H24O3. The standard InChI is InChI=1S/C14H24O3/c1-3-5-7-8-9-10-12-17-13(14(15)16)11-6-4-2/h13H,3-7,10-12H2,1-2H3,(H,15,16). The highest BCUT2D eigenvalue weighted by atomic mass is 16.5. The van der Waals surface area contributed by atoms with Gasteiger partial charge in [-0.2, -0.15) is 0 Å². The maximum absolute atomic E-state index is 10.8. The van der Waals surface area contributed by atoms with E-state index in [2.05, 4.69) is 18.8 Å². The molecule has 0 amide bonds. The molecule has 0 aliphatic heterocycles. The fourth-order valence-electron chi connectivity index (χ4n) is 1.36. The minimum atomic E-state index is -0.864. The molecule has 0 heterocycles. The molecule has 0 fully saturated rings. The molecule has 0 spiro atoms. The van der Waals surface area contributed by atoms with Crippen molar-refractivity contribution in [2.24, 2.45) is 0 Å². The van der Waals surface area contributed by atoms with Crippen LogP contribution in [-0.4, -0.2) is 23.8 Å². The van der Waals surface area contributed by atoms with Crippen LogP contribution in [0.15, 0.2) is 0 Å². The summed E-state index contributed by atoms with van der Waals surface area (Å²) in [5.74, 6) is 5.19. The predicted octanol–water partition coefficient (Wildman–Crippen LogP) is 3.23. The Labute approximate surface area is 105 Å². The number of aliphatic carboxylic acids is 1. The van der Waals surface area contributed by atoms with Crippen LogP contribution in [0.4, 0.5) is 0 Å². The van der Waals surface area contributed by atoms with Crippen molar-refractivity contribution >= 4 is 5.97 Å². The Morgan fingerprint density at radius 2 is 1.82 bits per heavy atom. The van der Waals surface area contributed by atoms with Gasteiger partial charge in [0, 0.05) is 12.8 Å². The maximum atomic E-state index is 10.8. The molecule has 0 saturated carbocycles. The normalized spacial score (nSPS) is 11.6. The second-order valence-corrected chi connectivity index (χ2v) is 4.05. The molecule has 98 valence electrons. The SMILES string of the molecule is CCCCC#CCCOC(CCCC)C(=O)O. The molecule has 3 nitrogen and oxygen atoms in total. The Morgan fingerprint density at radius 3 is 2.41 bits per heavy atom. The average molecular weight is 240 g/mol. The predicted molar refractivity (Wildman–Crippen MR) is 68.8 cm³/mol. The lowest BCUT2D eigenvalue weighted by Gasteiger charge is -2.11. The lowest BCUT2D eigenvalue weighted by atomic mass is 10.1. The zero-order valence-electron chi connectivity index (χ0n) is 11.0. The van der Waals surface area contributed by atoms with Gasteiger partial charge in [-0.3, -0.25) is 0 Å². The highest BCUT2D eigenvalue weighted by molar-refractivity contribution is 5.72. The van der Waals surface area contributed by atoms with E-state index in [1.165, 1.54) is 0 Å². The van der Waals surface area contributed by atoms with Gasteiger partial charge in [0.15, 0.2) is 6.10 Å². The van der Waals surface area contributed by atoms with E-state index in [-0.39, 0.29) is 0 Å². The quantitative estimate of drug-likeness (QED) is 0.497. The Morgan fingerprint density at radius 1 is 1.18 bits per heavy atom. The summed E-state index contributed by atoms with van der Waals surface area (Å²) in [7, 11) is 0. The topological polar surface area (TPSA) is 46.5 Å². The zero-order chi connectivity index (χ0) is 12.9. The summed E-state index contributed by atoms with van der Waals surface area (Å²) in [6.07, 6.45) is 5.64. The summed E-state index contributed by atoms with van der Waals surface area (Å²) < 4.78 is 5.31. The average Bonchev–Trinajstić information content (AvgIpc) is 2.31. The van der Waals surface area contributed by atoms with E-state index in [0.29, 0.717) is 19.4 Å². The van der Waals surface area contributed by atoms with Crippen molar-refractivity contribution < 1.29 is 14.6 Å². The Bertz CT molecular complexity index is 250. The lowest BCUT2D eigenvalue weighted by Crippen LogP contribution is -2.24. The van der Waals surface area contributed by atoms with Gasteiger partial charge in [-0.15, -0.1) is 11.8 Å². The van der Waals surface area contributed by atoms with Crippen molar-refractivity contribution in [3.63, 3.8) is 0 Å². The van der Waals surface area contributed by atoms with Crippen LogP contribution in [0.2, 0.25) is 0 Å². The number of carbonyl (C=O) groups is 1. The van der Waals surface area contributed by atoms with E-state index < -0.39 is 12.1 Å².